The number of benzene rings is 1. The van der Waals surface area contributed by atoms with Crippen LogP contribution in [-0.2, 0) is 4.79 Å². The van der Waals surface area contributed by atoms with Crippen LogP contribution < -0.4 is 4.74 Å². The molecular formula is C9H6F2O4. The van der Waals surface area contributed by atoms with E-state index in [4.69, 9.17) is 5.11 Å². The van der Waals surface area contributed by atoms with E-state index in [1.54, 1.807) is 0 Å². The Kier molecular flexibility index (Phi) is 2.99. The van der Waals surface area contributed by atoms with E-state index in [1.165, 1.54) is 0 Å². The summed E-state index contributed by atoms with van der Waals surface area (Å²) < 4.78 is 30.6. The summed E-state index contributed by atoms with van der Waals surface area (Å²) in [5.41, 5.74) is -0.862. The van der Waals surface area contributed by atoms with Gasteiger partial charge >= 0.3 is 5.97 Å². The summed E-state index contributed by atoms with van der Waals surface area (Å²) >= 11 is 0. The summed E-state index contributed by atoms with van der Waals surface area (Å²) in [7, 11) is 1.08. The highest BCUT2D eigenvalue weighted by molar-refractivity contribution is 6.40. The molecule has 0 radical (unpaired) electrons. The molecule has 6 heteroatoms. The molecular weight excluding hydrogens is 210 g/mol. The quantitative estimate of drug-likeness (QED) is 0.609. The summed E-state index contributed by atoms with van der Waals surface area (Å²) in [5, 5.41) is 8.33. The third kappa shape index (κ3) is 2.09. The standard InChI is InChI=1S/C9H6F2O4/c1-15-6-3-4(10)2-5(7(6)11)8(12)9(13)14/h2-3H,1H3,(H,13,14). The normalized spacial score (nSPS) is 9.80. The zero-order valence-electron chi connectivity index (χ0n) is 7.58. The van der Waals surface area contributed by atoms with Crippen molar-refractivity contribution in [3.63, 3.8) is 0 Å². The summed E-state index contributed by atoms with van der Waals surface area (Å²) in [6, 6.07) is 1.22. The van der Waals surface area contributed by atoms with Crippen LogP contribution in [0.4, 0.5) is 8.78 Å². The second kappa shape index (κ2) is 4.04. The molecule has 0 heterocycles. The van der Waals surface area contributed by atoms with Crippen LogP contribution in [0.5, 0.6) is 5.75 Å². The average molecular weight is 216 g/mol. The molecule has 0 saturated carbocycles. The lowest BCUT2D eigenvalue weighted by molar-refractivity contribution is -0.131. The average Bonchev–Trinajstić information content (AvgIpc) is 2.19. The lowest BCUT2D eigenvalue weighted by Gasteiger charge is -2.05. The number of carbonyl (C=O) groups is 2. The molecule has 0 atom stereocenters. The fraction of sp³-hybridized carbons (Fsp3) is 0.111. The van der Waals surface area contributed by atoms with Gasteiger partial charge in [0.25, 0.3) is 5.78 Å². The Hall–Kier alpha value is -1.98. The molecule has 0 saturated heterocycles. The molecule has 0 amide bonds. The SMILES string of the molecule is COc1cc(F)cc(C(=O)C(=O)O)c1F. The predicted molar refractivity (Wildman–Crippen MR) is 44.9 cm³/mol. The molecule has 80 valence electrons. The highest BCUT2D eigenvalue weighted by Crippen LogP contribution is 2.22. The molecule has 0 aliphatic heterocycles. The van der Waals surface area contributed by atoms with Crippen molar-refractivity contribution in [2.45, 2.75) is 0 Å². The van der Waals surface area contributed by atoms with E-state index in [1.807, 2.05) is 0 Å². The Labute approximate surface area is 83.1 Å². The van der Waals surface area contributed by atoms with Crippen molar-refractivity contribution < 1.29 is 28.2 Å². The third-order valence-corrected chi connectivity index (χ3v) is 1.66. The number of ether oxygens (including phenoxy) is 1. The van der Waals surface area contributed by atoms with E-state index < -0.39 is 34.7 Å². The number of halogens is 2. The molecule has 0 aliphatic rings. The van der Waals surface area contributed by atoms with Gasteiger partial charge < -0.3 is 9.84 Å². The van der Waals surface area contributed by atoms with Gasteiger partial charge in [-0.3, -0.25) is 4.79 Å². The molecule has 1 rings (SSSR count). The van der Waals surface area contributed by atoms with E-state index in [0.29, 0.717) is 12.1 Å². The van der Waals surface area contributed by atoms with Crippen molar-refractivity contribution in [1.82, 2.24) is 0 Å². The Balaban J connectivity index is 3.35. The molecule has 1 aromatic rings. The number of hydrogen-bond donors (Lipinski definition) is 1. The number of carboxylic acids is 1. The molecule has 0 aliphatic carbocycles. The van der Waals surface area contributed by atoms with Crippen LogP contribution in [0.1, 0.15) is 10.4 Å². The van der Waals surface area contributed by atoms with Crippen LogP contribution in [0.25, 0.3) is 0 Å². The minimum absolute atomic E-state index is 0.508. The van der Waals surface area contributed by atoms with Crippen LogP contribution in [0, 0.1) is 11.6 Å². The lowest BCUT2D eigenvalue weighted by atomic mass is 10.1. The van der Waals surface area contributed by atoms with Crippen LogP contribution in [0.3, 0.4) is 0 Å². The second-order valence-corrected chi connectivity index (χ2v) is 2.60. The van der Waals surface area contributed by atoms with Crippen molar-refractivity contribution in [1.29, 1.82) is 0 Å². The smallest absolute Gasteiger partial charge is 0.377 e. The molecule has 4 nitrogen and oxygen atoms in total. The number of Topliss-reactive ketones (excluding diaryl/α,β-unsaturated/α-hetero) is 1. The zero-order valence-corrected chi connectivity index (χ0v) is 7.58. The summed E-state index contributed by atoms with van der Waals surface area (Å²) in [5.74, 6) is -6.03. The van der Waals surface area contributed by atoms with Gasteiger partial charge in [0.05, 0.1) is 12.7 Å². The maximum atomic E-state index is 13.3. The Bertz CT molecular complexity index is 428. The first-order valence-corrected chi connectivity index (χ1v) is 3.78. The van der Waals surface area contributed by atoms with Gasteiger partial charge in [0.15, 0.2) is 11.6 Å². The molecule has 15 heavy (non-hydrogen) atoms. The fourth-order valence-corrected chi connectivity index (χ4v) is 0.993. The molecule has 0 fully saturated rings. The number of ketones is 1. The maximum absolute atomic E-state index is 13.3. The third-order valence-electron chi connectivity index (χ3n) is 1.66. The van der Waals surface area contributed by atoms with Crippen molar-refractivity contribution in [2.75, 3.05) is 7.11 Å². The first kappa shape index (κ1) is 11.1. The van der Waals surface area contributed by atoms with Crippen molar-refractivity contribution in [3.05, 3.63) is 29.3 Å². The molecule has 0 aromatic heterocycles. The Morgan fingerprint density at radius 1 is 1.33 bits per heavy atom. The van der Waals surface area contributed by atoms with E-state index in [9.17, 15) is 18.4 Å². The Morgan fingerprint density at radius 3 is 2.40 bits per heavy atom. The second-order valence-electron chi connectivity index (χ2n) is 2.60. The maximum Gasteiger partial charge on any atom is 0.377 e. The van der Waals surface area contributed by atoms with Gasteiger partial charge in [-0.25, -0.2) is 13.6 Å². The molecule has 0 unspecified atom stereocenters. The monoisotopic (exact) mass is 216 g/mol. The van der Waals surface area contributed by atoms with Crippen molar-refractivity contribution in [3.8, 4) is 5.75 Å². The van der Waals surface area contributed by atoms with Crippen LogP contribution in [0.2, 0.25) is 0 Å². The zero-order chi connectivity index (χ0) is 11.6. The minimum atomic E-state index is -1.86. The van der Waals surface area contributed by atoms with Gasteiger partial charge in [-0.15, -0.1) is 0 Å². The van der Waals surface area contributed by atoms with Gasteiger partial charge in [-0.1, -0.05) is 0 Å². The van der Waals surface area contributed by atoms with E-state index in [-0.39, 0.29) is 0 Å². The summed E-state index contributed by atoms with van der Waals surface area (Å²) in [4.78, 5) is 21.2. The number of hydrogen-bond acceptors (Lipinski definition) is 3. The topological polar surface area (TPSA) is 63.6 Å². The van der Waals surface area contributed by atoms with Crippen molar-refractivity contribution >= 4 is 11.8 Å². The highest BCUT2D eigenvalue weighted by Gasteiger charge is 2.22. The van der Waals surface area contributed by atoms with Gasteiger partial charge in [-0.2, -0.15) is 0 Å². The minimum Gasteiger partial charge on any atom is -0.494 e. The number of rotatable bonds is 3. The predicted octanol–water partition coefficient (Wildman–Crippen LogP) is 1.24. The first-order valence-electron chi connectivity index (χ1n) is 3.78. The van der Waals surface area contributed by atoms with E-state index in [2.05, 4.69) is 4.74 Å². The number of aliphatic carboxylic acids is 1. The number of carboxylic acid groups (broad SMARTS) is 1. The van der Waals surface area contributed by atoms with Gasteiger partial charge in [0.1, 0.15) is 5.82 Å². The van der Waals surface area contributed by atoms with Gasteiger partial charge in [0.2, 0.25) is 0 Å². The van der Waals surface area contributed by atoms with E-state index >= 15 is 0 Å². The number of carbonyl (C=O) groups excluding carboxylic acids is 1. The molecule has 1 N–H and O–H groups in total. The number of methoxy groups -OCH3 is 1. The van der Waals surface area contributed by atoms with E-state index in [0.717, 1.165) is 7.11 Å². The Morgan fingerprint density at radius 2 is 1.93 bits per heavy atom. The highest BCUT2D eigenvalue weighted by atomic mass is 19.1. The molecule has 0 bridgehead atoms. The van der Waals surface area contributed by atoms with Crippen LogP contribution in [0.15, 0.2) is 12.1 Å². The lowest BCUT2D eigenvalue weighted by Crippen LogP contribution is -2.15. The first-order chi connectivity index (χ1) is 6.97. The molecule has 1 aromatic carbocycles. The van der Waals surface area contributed by atoms with Crippen molar-refractivity contribution in [2.24, 2.45) is 0 Å². The van der Waals surface area contributed by atoms with Gasteiger partial charge in [-0.05, 0) is 6.07 Å². The molecule has 0 spiro atoms. The summed E-state index contributed by atoms with van der Waals surface area (Å²) in [6.07, 6.45) is 0. The van der Waals surface area contributed by atoms with Crippen LogP contribution in [-0.4, -0.2) is 24.0 Å². The summed E-state index contributed by atoms with van der Waals surface area (Å²) in [6.45, 7) is 0. The van der Waals surface area contributed by atoms with Crippen LogP contribution >= 0.6 is 0 Å². The largest absolute Gasteiger partial charge is 0.494 e. The fourth-order valence-electron chi connectivity index (χ4n) is 0.993. The van der Waals surface area contributed by atoms with Gasteiger partial charge in [0, 0.05) is 6.07 Å².